The van der Waals surface area contributed by atoms with Crippen molar-refractivity contribution in [3.05, 3.63) is 41.4 Å². The van der Waals surface area contributed by atoms with Crippen LogP contribution < -0.4 is 11.1 Å². The van der Waals surface area contributed by atoms with Crippen molar-refractivity contribution in [3.8, 4) is 0 Å². The van der Waals surface area contributed by atoms with Crippen LogP contribution in [0.15, 0.2) is 41.3 Å². The van der Waals surface area contributed by atoms with Gasteiger partial charge in [-0.25, -0.2) is 8.42 Å². The number of nitrogens with two attached hydrogens (primary N) is 1. The van der Waals surface area contributed by atoms with Crippen molar-refractivity contribution < 1.29 is 13.2 Å². The third kappa shape index (κ3) is 5.71. The Balaban J connectivity index is 0.00000306. The summed E-state index contributed by atoms with van der Waals surface area (Å²) in [5.74, 6) is 0.0219. The fraction of sp³-hybridized carbons (Fsp3) is 0.455. The molecule has 2 aromatic carbocycles. The molecule has 1 heterocycles. The second-order valence-electron chi connectivity index (χ2n) is 8.49. The number of fused-ring (bicyclic) bond motifs is 1. The van der Waals surface area contributed by atoms with Crippen LogP contribution in [-0.2, 0) is 14.8 Å². The summed E-state index contributed by atoms with van der Waals surface area (Å²) in [5, 5.41) is 12.6. The molecule has 4 rings (SSSR count). The van der Waals surface area contributed by atoms with E-state index in [1.165, 1.54) is 4.31 Å². The second kappa shape index (κ2) is 10.5. The summed E-state index contributed by atoms with van der Waals surface area (Å²) < 4.78 is 27.8. The van der Waals surface area contributed by atoms with Crippen molar-refractivity contribution >= 4 is 56.7 Å². The van der Waals surface area contributed by atoms with Gasteiger partial charge in [0.1, 0.15) is 0 Å². The lowest BCUT2D eigenvalue weighted by Crippen LogP contribution is -2.52. The highest BCUT2D eigenvalue weighted by atomic mass is 35.5. The van der Waals surface area contributed by atoms with Crippen LogP contribution in [0.5, 0.6) is 0 Å². The minimum Gasteiger partial charge on any atom is -0.370 e. The number of carbonyl (C=O) groups excluding carboxylic acids is 1. The number of amides is 1. The van der Waals surface area contributed by atoms with E-state index in [4.69, 9.17) is 22.7 Å². The van der Waals surface area contributed by atoms with Crippen LogP contribution in [-0.4, -0.2) is 61.7 Å². The molecular formula is C22H29Cl2N5O3S. The first-order valence-corrected chi connectivity index (χ1v) is 12.6. The van der Waals surface area contributed by atoms with E-state index in [2.05, 4.69) is 5.32 Å². The van der Waals surface area contributed by atoms with E-state index in [0.717, 1.165) is 36.5 Å². The fourth-order valence-electron chi connectivity index (χ4n) is 4.62. The Morgan fingerprint density at radius 2 is 1.61 bits per heavy atom. The molecule has 1 amide bonds. The minimum atomic E-state index is -3.63. The van der Waals surface area contributed by atoms with Crippen molar-refractivity contribution in [2.24, 2.45) is 11.7 Å². The number of halogens is 2. The zero-order chi connectivity index (χ0) is 22.9. The lowest BCUT2D eigenvalue weighted by molar-refractivity contribution is -0.137. The highest BCUT2D eigenvalue weighted by Gasteiger charge is 2.34. The average Bonchev–Trinajstić information content (AvgIpc) is 2.78. The van der Waals surface area contributed by atoms with Crippen molar-refractivity contribution in [3.63, 3.8) is 0 Å². The van der Waals surface area contributed by atoms with Crippen molar-refractivity contribution in [1.29, 1.82) is 5.41 Å². The van der Waals surface area contributed by atoms with Gasteiger partial charge in [-0.2, -0.15) is 4.31 Å². The number of piperazine rings is 1. The molecule has 0 unspecified atom stereocenters. The van der Waals surface area contributed by atoms with Crippen LogP contribution in [0.25, 0.3) is 10.8 Å². The molecule has 2 aliphatic rings. The largest absolute Gasteiger partial charge is 0.370 e. The standard InChI is InChI=1S/C22H28ClN5O3S.ClH/c23-18-5-1-17-14-20(8-4-16(17)13-18)32(30,31)28-11-9-27(10-12-28)21(29)15-2-6-19(7-3-15)26-22(24)25;/h1,4-5,8,13-15,19H,2-3,6-7,9-12H2,(H4,24,25,26);1H/t15-,19+;. The molecule has 1 aliphatic carbocycles. The van der Waals surface area contributed by atoms with Crippen LogP contribution in [0.1, 0.15) is 25.7 Å². The molecule has 4 N–H and O–H groups in total. The summed E-state index contributed by atoms with van der Waals surface area (Å²) in [4.78, 5) is 15.0. The van der Waals surface area contributed by atoms with Gasteiger partial charge >= 0.3 is 0 Å². The summed E-state index contributed by atoms with van der Waals surface area (Å²) in [6, 6.07) is 10.6. The van der Waals surface area contributed by atoms with Gasteiger partial charge in [0.2, 0.25) is 15.9 Å². The highest BCUT2D eigenvalue weighted by molar-refractivity contribution is 7.89. The van der Waals surface area contributed by atoms with Gasteiger partial charge in [0.15, 0.2) is 5.96 Å². The highest BCUT2D eigenvalue weighted by Crippen LogP contribution is 2.28. The molecule has 0 bridgehead atoms. The van der Waals surface area contributed by atoms with Gasteiger partial charge in [0.05, 0.1) is 4.90 Å². The normalized spacial score (nSPS) is 21.9. The Hall–Kier alpha value is -2.07. The molecular weight excluding hydrogens is 485 g/mol. The van der Waals surface area contributed by atoms with E-state index in [-0.39, 0.29) is 54.2 Å². The molecule has 2 fully saturated rings. The summed E-state index contributed by atoms with van der Waals surface area (Å²) in [6.07, 6.45) is 3.11. The molecule has 0 radical (unpaired) electrons. The van der Waals surface area contributed by atoms with E-state index < -0.39 is 10.0 Å². The summed E-state index contributed by atoms with van der Waals surface area (Å²) in [6.45, 7) is 1.36. The Morgan fingerprint density at radius 3 is 2.24 bits per heavy atom. The molecule has 8 nitrogen and oxygen atoms in total. The molecule has 1 aliphatic heterocycles. The van der Waals surface area contributed by atoms with Crippen LogP contribution in [0.4, 0.5) is 0 Å². The van der Waals surface area contributed by atoms with Gasteiger partial charge in [-0.15, -0.1) is 12.4 Å². The summed E-state index contributed by atoms with van der Waals surface area (Å²) in [5.41, 5.74) is 5.40. The molecule has 180 valence electrons. The topological polar surface area (TPSA) is 120 Å². The number of hydrogen-bond acceptors (Lipinski definition) is 4. The van der Waals surface area contributed by atoms with Gasteiger partial charge in [-0.1, -0.05) is 23.7 Å². The zero-order valence-electron chi connectivity index (χ0n) is 18.2. The van der Waals surface area contributed by atoms with Crippen LogP contribution >= 0.6 is 24.0 Å². The predicted octanol–water partition coefficient (Wildman–Crippen LogP) is 2.79. The van der Waals surface area contributed by atoms with Gasteiger partial charge < -0.3 is 16.0 Å². The molecule has 33 heavy (non-hydrogen) atoms. The van der Waals surface area contributed by atoms with E-state index in [1.54, 1.807) is 35.2 Å². The Kier molecular flexibility index (Phi) is 8.10. The fourth-order valence-corrected chi connectivity index (χ4v) is 6.25. The maximum Gasteiger partial charge on any atom is 0.243 e. The maximum absolute atomic E-state index is 13.2. The number of nitrogens with zero attached hydrogens (tertiary/aromatic N) is 2. The molecule has 11 heteroatoms. The predicted molar refractivity (Wildman–Crippen MR) is 132 cm³/mol. The first-order chi connectivity index (χ1) is 15.2. The number of sulfonamides is 1. The molecule has 0 atom stereocenters. The third-order valence-corrected chi connectivity index (χ3v) is 8.53. The summed E-state index contributed by atoms with van der Waals surface area (Å²) >= 11 is 6.02. The van der Waals surface area contributed by atoms with Gasteiger partial charge in [-0.3, -0.25) is 10.2 Å². The molecule has 1 saturated carbocycles. The number of rotatable bonds is 4. The van der Waals surface area contributed by atoms with Crippen molar-refractivity contribution in [2.45, 2.75) is 36.6 Å². The third-order valence-electron chi connectivity index (χ3n) is 6.40. The molecule has 0 spiro atoms. The number of hydrogen-bond donors (Lipinski definition) is 3. The van der Waals surface area contributed by atoms with Gasteiger partial charge in [0, 0.05) is 43.2 Å². The van der Waals surface area contributed by atoms with E-state index in [0.29, 0.717) is 18.1 Å². The lowest BCUT2D eigenvalue weighted by Gasteiger charge is -2.37. The van der Waals surface area contributed by atoms with E-state index in [9.17, 15) is 13.2 Å². The average molecular weight is 514 g/mol. The quantitative estimate of drug-likeness (QED) is 0.428. The van der Waals surface area contributed by atoms with E-state index >= 15 is 0 Å². The Morgan fingerprint density at radius 1 is 1.00 bits per heavy atom. The van der Waals surface area contributed by atoms with Crippen LogP contribution in [0.2, 0.25) is 5.02 Å². The molecule has 0 aromatic heterocycles. The van der Waals surface area contributed by atoms with Crippen molar-refractivity contribution in [2.75, 3.05) is 26.2 Å². The smallest absolute Gasteiger partial charge is 0.243 e. The number of benzene rings is 2. The Labute approximate surface area is 205 Å². The van der Waals surface area contributed by atoms with Gasteiger partial charge in [0.25, 0.3) is 0 Å². The Bertz CT molecular complexity index is 1130. The van der Waals surface area contributed by atoms with Crippen molar-refractivity contribution in [1.82, 2.24) is 14.5 Å². The lowest BCUT2D eigenvalue weighted by atomic mass is 9.85. The second-order valence-corrected chi connectivity index (χ2v) is 10.9. The zero-order valence-corrected chi connectivity index (χ0v) is 20.6. The minimum absolute atomic E-state index is 0. The maximum atomic E-state index is 13.2. The van der Waals surface area contributed by atoms with Crippen LogP contribution in [0.3, 0.4) is 0 Å². The molecule has 1 saturated heterocycles. The van der Waals surface area contributed by atoms with E-state index in [1.807, 2.05) is 6.07 Å². The molecule has 2 aromatic rings. The van der Waals surface area contributed by atoms with Crippen LogP contribution in [0, 0.1) is 11.3 Å². The van der Waals surface area contributed by atoms with Gasteiger partial charge in [-0.05, 0) is 60.7 Å². The number of carbonyl (C=O) groups is 1. The SMILES string of the molecule is Cl.N=C(N)N[C@H]1CC[C@@H](C(=O)N2CCN(S(=O)(=O)c3ccc4cc(Cl)ccc4c3)CC2)CC1. The first kappa shape index (κ1) is 25.6. The summed E-state index contributed by atoms with van der Waals surface area (Å²) in [7, 11) is -3.63. The number of guanidine groups is 1. The first-order valence-electron chi connectivity index (χ1n) is 10.8. The monoisotopic (exact) mass is 513 g/mol. The number of nitrogens with one attached hydrogen (secondary N) is 2.